The summed E-state index contributed by atoms with van der Waals surface area (Å²) in [7, 11) is -3.97. The van der Waals surface area contributed by atoms with Gasteiger partial charge in [0.25, 0.3) is 0 Å². The number of halogens is 3. The van der Waals surface area contributed by atoms with E-state index in [1.807, 2.05) is 4.72 Å². The summed E-state index contributed by atoms with van der Waals surface area (Å²) in [6.07, 6.45) is -5.61. The van der Waals surface area contributed by atoms with Gasteiger partial charge in [0.1, 0.15) is 0 Å². The number of rotatable bonds is 4. The minimum absolute atomic E-state index is 0.107. The lowest BCUT2D eigenvalue weighted by atomic mass is 10.2. The fraction of sp³-hybridized carbons (Fsp3) is 0.400. The highest BCUT2D eigenvalue weighted by Gasteiger charge is 2.28. The van der Waals surface area contributed by atoms with Crippen molar-refractivity contribution >= 4 is 15.7 Å². The maximum Gasteiger partial charge on any atom is 0.390 e. The van der Waals surface area contributed by atoms with Gasteiger partial charge in [0.15, 0.2) is 0 Å². The summed E-state index contributed by atoms with van der Waals surface area (Å²) in [6.45, 7) is 0.799. The van der Waals surface area contributed by atoms with Crippen LogP contribution in [0.4, 0.5) is 18.9 Å². The predicted octanol–water partition coefficient (Wildman–Crippen LogP) is 1.81. The summed E-state index contributed by atoms with van der Waals surface area (Å²) < 4.78 is 61.2. The van der Waals surface area contributed by atoms with E-state index in [1.165, 1.54) is 25.1 Å². The lowest BCUT2D eigenvalue weighted by molar-refractivity contribution is -0.132. The number of hydrogen-bond acceptors (Lipinski definition) is 3. The predicted molar refractivity (Wildman–Crippen MR) is 61.5 cm³/mol. The molecule has 3 N–H and O–H groups in total. The third-order valence-corrected chi connectivity index (χ3v) is 3.92. The van der Waals surface area contributed by atoms with E-state index >= 15 is 0 Å². The van der Waals surface area contributed by atoms with Gasteiger partial charge >= 0.3 is 6.18 Å². The molecule has 8 heteroatoms. The van der Waals surface area contributed by atoms with Gasteiger partial charge in [-0.1, -0.05) is 6.07 Å². The van der Waals surface area contributed by atoms with Crippen LogP contribution in [0.5, 0.6) is 0 Å². The lowest BCUT2D eigenvalue weighted by Gasteiger charge is -2.11. The van der Waals surface area contributed by atoms with Gasteiger partial charge in [-0.3, -0.25) is 0 Å². The average molecular weight is 282 g/mol. The van der Waals surface area contributed by atoms with E-state index in [9.17, 15) is 21.6 Å². The van der Waals surface area contributed by atoms with Crippen molar-refractivity contribution in [2.45, 2.75) is 24.4 Å². The summed E-state index contributed by atoms with van der Waals surface area (Å²) in [4.78, 5) is -0.107. The number of alkyl halides is 3. The van der Waals surface area contributed by atoms with Crippen molar-refractivity contribution in [3.63, 3.8) is 0 Å². The van der Waals surface area contributed by atoms with Crippen molar-refractivity contribution in [1.82, 2.24) is 4.72 Å². The molecule has 1 aromatic carbocycles. The van der Waals surface area contributed by atoms with Gasteiger partial charge in [0.05, 0.1) is 11.3 Å². The number of nitrogen functional groups attached to an aromatic ring is 1. The van der Waals surface area contributed by atoms with Crippen LogP contribution in [0.15, 0.2) is 23.1 Å². The average Bonchev–Trinajstić information content (AvgIpc) is 2.19. The molecule has 0 fully saturated rings. The van der Waals surface area contributed by atoms with E-state index in [0.717, 1.165) is 0 Å². The van der Waals surface area contributed by atoms with Gasteiger partial charge in [0, 0.05) is 12.2 Å². The molecule has 0 aromatic heterocycles. The van der Waals surface area contributed by atoms with Crippen molar-refractivity contribution < 1.29 is 21.6 Å². The van der Waals surface area contributed by atoms with Crippen molar-refractivity contribution in [3.05, 3.63) is 23.8 Å². The van der Waals surface area contributed by atoms with Gasteiger partial charge < -0.3 is 5.73 Å². The summed E-state index contributed by atoms with van der Waals surface area (Å²) in [5, 5.41) is 0. The second kappa shape index (κ2) is 5.15. The van der Waals surface area contributed by atoms with Crippen LogP contribution in [0.3, 0.4) is 0 Å². The first kappa shape index (κ1) is 14.8. The Kier molecular flexibility index (Phi) is 4.23. The largest absolute Gasteiger partial charge is 0.398 e. The van der Waals surface area contributed by atoms with Gasteiger partial charge in [-0.25, -0.2) is 13.1 Å². The van der Waals surface area contributed by atoms with Crippen LogP contribution in [0, 0.1) is 6.92 Å². The van der Waals surface area contributed by atoms with Crippen LogP contribution in [-0.2, 0) is 10.0 Å². The van der Waals surface area contributed by atoms with Crippen molar-refractivity contribution in [3.8, 4) is 0 Å². The summed E-state index contributed by atoms with van der Waals surface area (Å²) in [5.41, 5.74) is 6.13. The Morgan fingerprint density at radius 2 is 1.94 bits per heavy atom. The minimum Gasteiger partial charge on any atom is -0.398 e. The Balaban J connectivity index is 2.84. The second-order valence-electron chi connectivity index (χ2n) is 3.73. The number of benzene rings is 1. The fourth-order valence-electron chi connectivity index (χ4n) is 1.33. The third kappa shape index (κ3) is 3.88. The van der Waals surface area contributed by atoms with Crippen molar-refractivity contribution in [2.75, 3.05) is 12.3 Å². The third-order valence-electron chi connectivity index (χ3n) is 2.32. The molecule has 102 valence electrons. The number of anilines is 1. The number of sulfonamides is 1. The standard InChI is InChI=1S/C10H13F3N2O2S/c1-7-8(14)3-2-4-9(7)18(16,17)15-6-5-10(11,12)13/h2-4,15H,5-6,14H2,1H3. The molecular weight excluding hydrogens is 269 g/mol. The van der Waals surface area contributed by atoms with Crippen LogP contribution in [0.25, 0.3) is 0 Å². The Labute approximate surface area is 103 Å². The molecule has 0 bridgehead atoms. The first-order valence-electron chi connectivity index (χ1n) is 5.05. The molecule has 0 aliphatic carbocycles. The molecule has 4 nitrogen and oxygen atoms in total. The van der Waals surface area contributed by atoms with Gasteiger partial charge in [0.2, 0.25) is 10.0 Å². The highest BCUT2D eigenvalue weighted by atomic mass is 32.2. The minimum atomic E-state index is -4.40. The van der Waals surface area contributed by atoms with E-state index in [-0.39, 0.29) is 10.6 Å². The number of nitrogens with two attached hydrogens (primary N) is 1. The fourth-order valence-corrected chi connectivity index (χ4v) is 2.63. The van der Waals surface area contributed by atoms with Crippen LogP contribution in [-0.4, -0.2) is 21.1 Å². The van der Waals surface area contributed by atoms with E-state index in [2.05, 4.69) is 0 Å². The maximum atomic E-state index is 11.9. The van der Waals surface area contributed by atoms with Crippen LogP contribution in [0.2, 0.25) is 0 Å². The van der Waals surface area contributed by atoms with E-state index in [0.29, 0.717) is 5.56 Å². The molecule has 0 saturated heterocycles. The molecular formula is C10H13F3N2O2S. The van der Waals surface area contributed by atoms with E-state index < -0.39 is 29.2 Å². The highest BCUT2D eigenvalue weighted by molar-refractivity contribution is 7.89. The van der Waals surface area contributed by atoms with Crippen LogP contribution in [0.1, 0.15) is 12.0 Å². The Hall–Kier alpha value is -1.28. The van der Waals surface area contributed by atoms with Crippen molar-refractivity contribution in [2.24, 2.45) is 0 Å². The molecule has 0 aliphatic heterocycles. The Morgan fingerprint density at radius 1 is 1.33 bits per heavy atom. The first-order chi connectivity index (χ1) is 8.13. The lowest BCUT2D eigenvalue weighted by Crippen LogP contribution is -2.28. The van der Waals surface area contributed by atoms with Crippen LogP contribution < -0.4 is 10.5 Å². The number of nitrogens with one attached hydrogen (secondary N) is 1. The molecule has 0 atom stereocenters. The molecule has 18 heavy (non-hydrogen) atoms. The molecule has 0 radical (unpaired) electrons. The molecule has 0 heterocycles. The van der Waals surface area contributed by atoms with E-state index in [4.69, 9.17) is 5.73 Å². The molecule has 0 amide bonds. The molecule has 1 rings (SSSR count). The zero-order chi connectivity index (χ0) is 14.0. The summed E-state index contributed by atoms with van der Waals surface area (Å²) in [5.74, 6) is 0. The Bertz CT molecular complexity index is 526. The normalized spacial score (nSPS) is 12.7. The molecule has 0 saturated carbocycles. The highest BCUT2D eigenvalue weighted by Crippen LogP contribution is 2.21. The Morgan fingerprint density at radius 3 is 2.50 bits per heavy atom. The van der Waals surface area contributed by atoms with E-state index in [1.54, 1.807) is 0 Å². The van der Waals surface area contributed by atoms with Gasteiger partial charge in [-0.05, 0) is 24.6 Å². The first-order valence-corrected chi connectivity index (χ1v) is 6.53. The SMILES string of the molecule is Cc1c(N)cccc1S(=O)(=O)NCCC(F)(F)F. The van der Waals surface area contributed by atoms with Gasteiger partial charge in [-0.2, -0.15) is 13.2 Å². The van der Waals surface area contributed by atoms with Crippen LogP contribution >= 0.6 is 0 Å². The summed E-state index contributed by atoms with van der Waals surface area (Å²) in [6, 6.07) is 4.24. The monoisotopic (exact) mass is 282 g/mol. The molecule has 0 unspecified atom stereocenters. The smallest absolute Gasteiger partial charge is 0.390 e. The molecule has 0 spiro atoms. The second-order valence-corrected chi connectivity index (χ2v) is 5.47. The zero-order valence-electron chi connectivity index (χ0n) is 9.58. The topological polar surface area (TPSA) is 72.2 Å². The van der Waals surface area contributed by atoms with Gasteiger partial charge in [-0.15, -0.1) is 0 Å². The quantitative estimate of drug-likeness (QED) is 0.827. The number of hydrogen-bond donors (Lipinski definition) is 2. The zero-order valence-corrected chi connectivity index (χ0v) is 10.4. The summed E-state index contributed by atoms with van der Waals surface area (Å²) >= 11 is 0. The van der Waals surface area contributed by atoms with Crippen molar-refractivity contribution in [1.29, 1.82) is 0 Å². The molecule has 1 aromatic rings. The maximum absolute atomic E-state index is 11.9. The molecule has 0 aliphatic rings.